The Kier molecular flexibility index (Phi) is 7.36. The van der Waals surface area contributed by atoms with Crippen molar-refractivity contribution in [3.63, 3.8) is 0 Å². The third-order valence-corrected chi connectivity index (χ3v) is 5.03. The largest absolute Gasteiger partial charge is 0.496 e. The number of methoxy groups -OCH3 is 1. The summed E-state index contributed by atoms with van der Waals surface area (Å²) in [6.07, 6.45) is 11.6. The average molecular weight is 411 g/mol. The van der Waals surface area contributed by atoms with Crippen LogP contribution < -0.4 is 9.47 Å². The minimum absolute atomic E-state index is 0.0906. The molecule has 1 atom stereocenters. The summed E-state index contributed by atoms with van der Waals surface area (Å²) in [4.78, 5) is 7.57. The van der Waals surface area contributed by atoms with Crippen LogP contribution in [0.25, 0.3) is 11.0 Å². The Bertz CT molecular complexity index is 1010. The molecule has 29 heavy (non-hydrogen) atoms. The minimum Gasteiger partial charge on any atom is -0.496 e. The first-order valence-corrected chi connectivity index (χ1v) is 10.4. The molecule has 1 unspecified atom stereocenters. The fourth-order valence-corrected chi connectivity index (χ4v) is 3.40. The Morgan fingerprint density at radius 3 is 2.83 bits per heavy atom. The van der Waals surface area contributed by atoms with Crippen LogP contribution in [0.15, 0.2) is 66.5 Å². The standard InChI is InChI=1S/C22H21ClN2O2.C2H6/c1-26-21-12-19(27-14-15-4-7-18(23)8-5-15)9-6-16(21)11-17-13-25-22-20(17)3-2-10-24-22;1-2/h2-7,9-10,12-13,18H,8,11,14H2,1H3,(H,24,25);1-2H3. The van der Waals surface area contributed by atoms with Crippen LogP contribution in [0.5, 0.6) is 11.5 Å². The molecule has 1 aromatic carbocycles. The maximum Gasteiger partial charge on any atom is 0.137 e. The van der Waals surface area contributed by atoms with Crippen molar-refractivity contribution in [1.82, 2.24) is 9.97 Å². The highest BCUT2D eigenvalue weighted by molar-refractivity contribution is 6.22. The molecule has 0 fully saturated rings. The van der Waals surface area contributed by atoms with Crippen molar-refractivity contribution < 1.29 is 9.47 Å². The Morgan fingerprint density at radius 2 is 2.07 bits per heavy atom. The average Bonchev–Trinajstić information content (AvgIpc) is 3.18. The second-order valence-electron chi connectivity index (χ2n) is 6.54. The number of H-pyrrole nitrogens is 1. The normalized spacial score (nSPS) is 15.4. The van der Waals surface area contributed by atoms with Gasteiger partial charge in [0.2, 0.25) is 0 Å². The highest BCUT2D eigenvalue weighted by atomic mass is 35.5. The number of halogens is 1. The first kappa shape index (κ1) is 21.0. The smallest absolute Gasteiger partial charge is 0.137 e. The minimum atomic E-state index is 0.0906. The van der Waals surface area contributed by atoms with Gasteiger partial charge in [0.05, 0.1) is 12.5 Å². The van der Waals surface area contributed by atoms with Gasteiger partial charge >= 0.3 is 0 Å². The molecule has 0 amide bonds. The van der Waals surface area contributed by atoms with Crippen molar-refractivity contribution in [2.75, 3.05) is 13.7 Å². The zero-order valence-electron chi connectivity index (χ0n) is 17.1. The number of alkyl halides is 1. The van der Waals surface area contributed by atoms with Gasteiger partial charge in [-0.2, -0.15) is 0 Å². The zero-order valence-corrected chi connectivity index (χ0v) is 17.9. The Hall–Kier alpha value is -2.72. The number of aromatic amines is 1. The summed E-state index contributed by atoms with van der Waals surface area (Å²) in [7, 11) is 1.69. The Labute approximate surface area is 177 Å². The van der Waals surface area contributed by atoms with Crippen LogP contribution in [0.2, 0.25) is 0 Å². The first-order chi connectivity index (χ1) is 14.2. The van der Waals surface area contributed by atoms with Crippen LogP contribution in [0, 0.1) is 0 Å². The van der Waals surface area contributed by atoms with Gasteiger partial charge in [-0.1, -0.05) is 38.1 Å². The number of hydrogen-bond acceptors (Lipinski definition) is 3. The van der Waals surface area contributed by atoms with Gasteiger partial charge in [0.15, 0.2) is 0 Å². The van der Waals surface area contributed by atoms with Gasteiger partial charge in [-0.3, -0.25) is 0 Å². The van der Waals surface area contributed by atoms with Crippen molar-refractivity contribution in [2.24, 2.45) is 0 Å². The van der Waals surface area contributed by atoms with E-state index in [0.717, 1.165) is 46.5 Å². The number of fused-ring (bicyclic) bond motifs is 1. The van der Waals surface area contributed by atoms with E-state index >= 15 is 0 Å². The lowest BCUT2D eigenvalue weighted by molar-refractivity contribution is 0.349. The van der Waals surface area contributed by atoms with Gasteiger partial charge in [-0.25, -0.2) is 4.98 Å². The molecule has 3 aromatic rings. The first-order valence-electron chi connectivity index (χ1n) is 9.95. The molecule has 5 heteroatoms. The fraction of sp³-hybridized carbons (Fsp3) is 0.292. The maximum absolute atomic E-state index is 6.06. The number of aromatic nitrogens is 2. The van der Waals surface area contributed by atoms with Crippen molar-refractivity contribution in [1.29, 1.82) is 0 Å². The van der Waals surface area contributed by atoms with Crippen LogP contribution in [0.1, 0.15) is 31.4 Å². The number of ether oxygens (including phenoxy) is 2. The number of nitrogens with one attached hydrogen (secondary N) is 1. The van der Waals surface area contributed by atoms with Gasteiger partial charge in [-0.15, -0.1) is 11.6 Å². The van der Waals surface area contributed by atoms with Crippen molar-refractivity contribution >= 4 is 22.6 Å². The van der Waals surface area contributed by atoms with Crippen LogP contribution in [0.3, 0.4) is 0 Å². The number of allylic oxidation sites excluding steroid dienone is 2. The maximum atomic E-state index is 6.06. The molecule has 4 nitrogen and oxygen atoms in total. The van der Waals surface area contributed by atoms with Gasteiger partial charge in [-0.05, 0) is 41.3 Å². The molecule has 0 spiro atoms. The van der Waals surface area contributed by atoms with E-state index in [2.05, 4.69) is 28.2 Å². The molecule has 0 aliphatic heterocycles. The molecule has 0 radical (unpaired) electrons. The molecule has 0 saturated heterocycles. The van der Waals surface area contributed by atoms with Crippen molar-refractivity contribution in [3.8, 4) is 11.5 Å². The summed E-state index contributed by atoms with van der Waals surface area (Å²) in [6, 6.07) is 10.0. The molecular weight excluding hydrogens is 384 g/mol. The van der Waals surface area contributed by atoms with Gasteiger partial charge in [0, 0.05) is 30.3 Å². The summed E-state index contributed by atoms with van der Waals surface area (Å²) < 4.78 is 11.5. The van der Waals surface area contributed by atoms with E-state index in [4.69, 9.17) is 21.1 Å². The van der Waals surface area contributed by atoms with Crippen LogP contribution in [-0.4, -0.2) is 29.1 Å². The lowest BCUT2D eigenvalue weighted by atomic mass is 10.0. The molecule has 1 aliphatic carbocycles. The lowest BCUT2D eigenvalue weighted by Gasteiger charge is -2.14. The van der Waals surface area contributed by atoms with E-state index in [1.54, 1.807) is 13.3 Å². The van der Waals surface area contributed by atoms with Crippen LogP contribution >= 0.6 is 11.6 Å². The zero-order chi connectivity index (χ0) is 20.6. The third-order valence-electron chi connectivity index (χ3n) is 4.71. The quantitative estimate of drug-likeness (QED) is 0.502. The lowest BCUT2D eigenvalue weighted by Crippen LogP contribution is -2.05. The van der Waals surface area contributed by atoms with Gasteiger partial charge < -0.3 is 14.5 Å². The number of benzene rings is 1. The van der Waals surface area contributed by atoms with Gasteiger partial charge in [0.1, 0.15) is 23.8 Å². The van der Waals surface area contributed by atoms with E-state index in [1.165, 1.54) is 5.56 Å². The van der Waals surface area contributed by atoms with Crippen LogP contribution in [0.4, 0.5) is 0 Å². The predicted octanol–water partition coefficient (Wildman–Crippen LogP) is 6.06. The highest BCUT2D eigenvalue weighted by Crippen LogP contribution is 2.29. The molecule has 1 N–H and O–H groups in total. The summed E-state index contributed by atoms with van der Waals surface area (Å²) in [6.45, 7) is 4.52. The summed E-state index contributed by atoms with van der Waals surface area (Å²) >= 11 is 6.06. The monoisotopic (exact) mass is 410 g/mol. The number of hydrogen-bond donors (Lipinski definition) is 1. The summed E-state index contributed by atoms with van der Waals surface area (Å²) in [5, 5.41) is 1.22. The second-order valence-corrected chi connectivity index (χ2v) is 7.10. The highest BCUT2D eigenvalue weighted by Gasteiger charge is 2.11. The SMILES string of the molecule is CC.COc1cc(OCC2=CCC(Cl)C=C2)ccc1Cc1c[nH]c2ncccc12. The molecule has 0 saturated carbocycles. The second kappa shape index (κ2) is 10.2. The van der Waals surface area contributed by atoms with Crippen molar-refractivity contribution in [3.05, 3.63) is 77.7 Å². The van der Waals surface area contributed by atoms with E-state index < -0.39 is 0 Å². The summed E-state index contributed by atoms with van der Waals surface area (Å²) in [5.41, 5.74) is 4.34. The molecule has 2 aromatic heterocycles. The van der Waals surface area contributed by atoms with E-state index in [-0.39, 0.29) is 5.38 Å². The van der Waals surface area contributed by atoms with Crippen LogP contribution in [-0.2, 0) is 6.42 Å². The number of pyridine rings is 1. The number of nitrogens with zero attached hydrogens (tertiary/aromatic N) is 1. The molecular formula is C24H27ClN2O2. The molecule has 0 bridgehead atoms. The fourth-order valence-electron chi connectivity index (χ4n) is 3.24. The predicted molar refractivity (Wildman–Crippen MR) is 120 cm³/mol. The van der Waals surface area contributed by atoms with E-state index in [0.29, 0.717) is 6.61 Å². The number of rotatable bonds is 6. The summed E-state index contributed by atoms with van der Waals surface area (Å²) in [5.74, 6) is 1.61. The third kappa shape index (κ3) is 5.21. The molecule has 1 aliphatic rings. The van der Waals surface area contributed by atoms with E-state index in [9.17, 15) is 0 Å². The molecule has 152 valence electrons. The van der Waals surface area contributed by atoms with Crippen molar-refractivity contribution in [2.45, 2.75) is 32.1 Å². The topological polar surface area (TPSA) is 47.1 Å². The molecule has 2 heterocycles. The Morgan fingerprint density at radius 1 is 1.21 bits per heavy atom. The van der Waals surface area contributed by atoms with Gasteiger partial charge in [0.25, 0.3) is 0 Å². The Balaban J connectivity index is 0.00000117. The van der Waals surface area contributed by atoms with E-state index in [1.807, 2.05) is 50.4 Å². The molecule has 4 rings (SSSR count).